The van der Waals surface area contributed by atoms with Crippen molar-refractivity contribution in [2.45, 2.75) is 6.92 Å². The Morgan fingerprint density at radius 3 is 1.48 bits per heavy atom. The number of pyridine rings is 1. The van der Waals surface area contributed by atoms with E-state index >= 15 is 0 Å². The Kier molecular flexibility index (Phi) is 10.5. The largest absolute Gasteiger partial charge is 0.309 e. The SMILES string of the molecule is C=C(/C=C(\N=C(C)n1c2ccc(-c3ccc(-n4c5ccccc5c5ccccc54)cc3)cc2c2cc(-c3cc(-c4ccccc4)cc(-c4ccccc4)n3)ccc21)c1ccccc1)c1ccccc1. The number of aliphatic imine (C=N–C) groups is 1. The first-order chi connectivity index (χ1) is 34.0. The molecule has 0 amide bonds. The van der Waals surface area contributed by atoms with E-state index in [0.717, 1.165) is 100 Å². The molecule has 0 aliphatic heterocycles. The third-order valence-corrected chi connectivity index (χ3v) is 13.2. The third-order valence-electron chi connectivity index (χ3n) is 13.2. The van der Waals surface area contributed by atoms with Gasteiger partial charge in [0.25, 0.3) is 0 Å². The van der Waals surface area contributed by atoms with Crippen LogP contribution in [0.4, 0.5) is 0 Å². The Morgan fingerprint density at radius 2 is 0.870 bits per heavy atom. The van der Waals surface area contributed by atoms with Gasteiger partial charge in [0.05, 0.1) is 39.2 Å². The van der Waals surface area contributed by atoms with Gasteiger partial charge in [-0.1, -0.05) is 189 Å². The topological polar surface area (TPSA) is 35.1 Å². The summed E-state index contributed by atoms with van der Waals surface area (Å²) in [5.74, 6) is 0.845. The molecule has 3 aromatic heterocycles. The lowest BCUT2D eigenvalue weighted by atomic mass is 9.98. The molecular formula is C65H46N4. The maximum absolute atomic E-state index is 5.45. The zero-order valence-corrected chi connectivity index (χ0v) is 38.2. The van der Waals surface area contributed by atoms with E-state index in [1.54, 1.807) is 0 Å². The Hall–Kier alpha value is -9.12. The second kappa shape index (κ2) is 17.6. The molecule has 69 heavy (non-hydrogen) atoms. The van der Waals surface area contributed by atoms with Gasteiger partial charge in [0.2, 0.25) is 0 Å². The second-order valence-corrected chi connectivity index (χ2v) is 17.5. The molecule has 0 aliphatic rings. The second-order valence-electron chi connectivity index (χ2n) is 17.5. The Bertz CT molecular complexity index is 3820. The van der Waals surface area contributed by atoms with Crippen LogP contribution in [0, 0.1) is 0 Å². The molecule has 0 saturated heterocycles. The van der Waals surface area contributed by atoms with Gasteiger partial charge in [0.15, 0.2) is 0 Å². The van der Waals surface area contributed by atoms with Crippen molar-refractivity contribution in [3.8, 4) is 50.5 Å². The van der Waals surface area contributed by atoms with Crippen LogP contribution in [0.25, 0.3) is 105 Å². The van der Waals surface area contributed by atoms with Crippen LogP contribution < -0.4 is 0 Å². The lowest BCUT2D eigenvalue weighted by Crippen LogP contribution is -2.07. The first kappa shape index (κ1) is 41.3. The first-order valence-corrected chi connectivity index (χ1v) is 23.4. The average Bonchev–Trinajstić information content (AvgIpc) is 3.94. The molecule has 3 heterocycles. The zero-order chi connectivity index (χ0) is 46.3. The summed E-state index contributed by atoms with van der Waals surface area (Å²) in [5, 5.41) is 4.76. The highest BCUT2D eigenvalue weighted by Gasteiger charge is 2.18. The maximum Gasteiger partial charge on any atom is 0.111 e. The Labute approximate surface area is 401 Å². The number of para-hydroxylation sites is 2. The van der Waals surface area contributed by atoms with E-state index in [1.807, 2.05) is 30.3 Å². The lowest BCUT2D eigenvalue weighted by molar-refractivity contribution is 1.18. The number of aromatic nitrogens is 3. The zero-order valence-electron chi connectivity index (χ0n) is 38.2. The van der Waals surface area contributed by atoms with Gasteiger partial charge in [-0.05, 0) is 107 Å². The fourth-order valence-corrected chi connectivity index (χ4v) is 9.86. The molecule has 9 aromatic carbocycles. The number of fused-ring (bicyclic) bond motifs is 6. The van der Waals surface area contributed by atoms with Gasteiger partial charge in [-0.3, -0.25) is 4.57 Å². The highest BCUT2D eigenvalue weighted by atomic mass is 15.1. The maximum atomic E-state index is 5.45. The van der Waals surface area contributed by atoms with Crippen molar-refractivity contribution in [1.82, 2.24) is 14.1 Å². The van der Waals surface area contributed by atoms with Gasteiger partial charge >= 0.3 is 0 Å². The molecule has 12 rings (SSSR count). The third kappa shape index (κ3) is 7.74. The van der Waals surface area contributed by atoms with E-state index in [4.69, 9.17) is 9.98 Å². The minimum absolute atomic E-state index is 0.837. The molecule has 0 N–H and O–H groups in total. The van der Waals surface area contributed by atoms with Crippen LogP contribution in [-0.4, -0.2) is 20.0 Å². The molecule has 0 unspecified atom stereocenters. The molecule has 0 radical (unpaired) electrons. The van der Waals surface area contributed by atoms with Crippen molar-refractivity contribution in [3.63, 3.8) is 0 Å². The normalized spacial score (nSPS) is 12.1. The van der Waals surface area contributed by atoms with Crippen molar-refractivity contribution in [3.05, 3.63) is 266 Å². The van der Waals surface area contributed by atoms with E-state index in [2.05, 4.69) is 241 Å². The summed E-state index contributed by atoms with van der Waals surface area (Å²) >= 11 is 0. The van der Waals surface area contributed by atoms with Crippen molar-refractivity contribution < 1.29 is 0 Å². The summed E-state index contributed by atoms with van der Waals surface area (Å²) in [6, 6.07) is 86.0. The van der Waals surface area contributed by atoms with Crippen LogP contribution in [0.15, 0.2) is 260 Å². The first-order valence-electron chi connectivity index (χ1n) is 23.4. The van der Waals surface area contributed by atoms with Crippen LogP contribution in [0.3, 0.4) is 0 Å². The molecule has 0 spiro atoms. The van der Waals surface area contributed by atoms with Crippen molar-refractivity contribution in [1.29, 1.82) is 0 Å². The summed E-state index contributed by atoms with van der Waals surface area (Å²) in [4.78, 5) is 10.8. The van der Waals surface area contributed by atoms with Crippen LogP contribution in [0.1, 0.15) is 18.1 Å². The summed E-state index contributed by atoms with van der Waals surface area (Å²) in [6.07, 6.45) is 2.09. The smallest absolute Gasteiger partial charge is 0.111 e. The van der Waals surface area contributed by atoms with Crippen molar-refractivity contribution in [2.24, 2.45) is 4.99 Å². The number of hydrogen-bond acceptors (Lipinski definition) is 2. The number of nitrogens with zero attached hydrogens (tertiary/aromatic N) is 4. The summed E-state index contributed by atoms with van der Waals surface area (Å²) in [7, 11) is 0. The van der Waals surface area contributed by atoms with Crippen LogP contribution >= 0.6 is 0 Å². The molecule has 4 nitrogen and oxygen atoms in total. The van der Waals surface area contributed by atoms with E-state index in [0.29, 0.717) is 0 Å². The number of rotatable bonds is 9. The van der Waals surface area contributed by atoms with Gasteiger partial charge < -0.3 is 4.57 Å². The quantitative estimate of drug-likeness (QED) is 0.0808. The van der Waals surface area contributed by atoms with E-state index in [9.17, 15) is 0 Å². The predicted octanol–water partition coefficient (Wildman–Crippen LogP) is 17.0. The van der Waals surface area contributed by atoms with Crippen LogP contribution in [0.2, 0.25) is 0 Å². The molecule has 4 heteroatoms. The molecule has 0 saturated carbocycles. The highest BCUT2D eigenvalue weighted by Crippen LogP contribution is 2.39. The van der Waals surface area contributed by atoms with E-state index in [-0.39, 0.29) is 0 Å². The molecular weight excluding hydrogens is 837 g/mol. The molecule has 0 fully saturated rings. The number of benzene rings is 9. The average molecular weight is 883 g/mol. The predicted molar refractivity (Wildman–Crippen MR) is 292 cm³/mol. The number of hydrogen-bond donors (Lipinski definition) is 0. The molecule has 326 valence electrons. The van der Waals surface area contributed by atoms with Gasteiger partial charge in [-0.2, -0.15) is 0 Å². The van der Waals surface area contributed by atoms with Gasteiger partial charge in [-0.25, -0.2) is 9.98 Å². The molecule has 0 bridgehead atoms. The fraction of sp³-hybridized carbons (Fsp3) is 0.0154. The van der Waals surface area contributed by atoms with Crippen molar-refractivity contribution >= 4 is 60.7 Å². The van der Waals surface area contributed by atoms with Gasteiger partial charge in [0, 0.05) is 43.9 Å². The number of allylic oxidation sites excluding steroid dienone is 2. The summed E-state index contributed by atoms with van der Waals surface area (Å²) < 4.78 is 4.67. The molecule has 0 atom stereocenters. The summed E-state index contributed by atoms with van der Waals surface area (Å²) in [6.45, 7) is 6.58. The molecule has 12 aromatic rings. The van der Waals surface area contributed by atoms with Crippen molar-refractivity contribution in [2.75, 3.05) is 0 Å². The Morgan fingerprint density at radius 1 is 0.406 bits per heavy atom. The van der Waals surface area contributed by atoms with Crippen LogP contribution in [0.5, 0.6) is 0 Å². The van der Waals surface area contributed by atoms with Crippen LogP contribution in [-0.2, 0) is 0 Å². The van der Waals surface area contributed by atoms with Gasteiger partial charge in [0.1, 0.15) is 5.84 Å². The van der Waals surface area contributed by atoms with E-state index < -0.39 is 0 Å². The minimum atomic E-state index is 0.837. The highest BCUT2D eigenvalue weighted by molar-refractivity contribution is 6.16. The molecule has 0 aliphatic carbocycles. The van der Waals surface area contributed by atoms with E-state index in [1.165, 1.54) is 21.8 Å². The lowest BCUT2D eigenvalue weighted by Gasteiger charge is -2.12. The standard InChI is InChI=1S/C65H46N4/c1-44(46-19-7-3-8-20-46)39-59(49-23-11-5-12-24-49)66-45(2)68-64-37-33-51(48-31-35-54(36-32-48)69-62-29-17-15-27-55(62)56-28-16-18-30-63(56)69)40-57(64)58-41-52(34-38-65(58)68)61-43-53(47-21-9-4-10-22-47)42-60(67-61)50-25-13-6-14-26-50/h3-43H,1H2,2H3/b59-39-,66-45?. The fourth-order valence-electron chi connectivity index (χ4n) is 9.86. The minimum Gasteiger partial charge on any atom is -0.309 e. The van der Waals surface area contributed by atoms with Gasteiger partial charge in [-0.15, -0.1) is 0 Å². The Balaban J connectivity index is 1.03. The monoisotopic (exact) mass is 882 g/mol. The summed E-state index contributed by atoms with van der Waals surface area (Å²) in [5.41, 5.74) is 18.0.